The van der Waals surface area contributed by atoms with Crippen LogP contribution in [-0.4, -0.2) is 13.1 Å². The molecule has 1 nitrogen and oxygen atoms in total. The minimum atomic E-state index is 0.981. The minimum absolute atomic E-state index is 0.981. The molecule has 1 radical (unpaired) electrons. The highest BCUT2D eigenvalue weighted by atomic mass is 14.9. The number of nitrogens with one attached hydrogen (secondary N) is 1. The summed E-state index contributed by atoms with van der Waals surface area (Å²) in [4.78, 5) is 0. The highest BCUT2D eigenvalue weighted by Crippen LogP contribution is 2.35. The smallest absolute Gasteiger partial charge is 0.00170 e. The summed E-state index contributed by atoms with van der Waals surface area (Å²) < 4.78 is 0. The van der Waals surface area contributed by atoms with Crippen LogP contribution < -0.4 is 5.32 Å². The van der Waals surface area contributed by atoms with Crippen molar-refractivity contribution in [2.24, 2.45) is 5.92 Å². The predicted molar refractivity (Wildman–Crippen MR) is 33.5 cm³/mol. The molecule has 0 aromatic rings. The highest BCUT2D eigenvalue weighted by molar-refractivity contribution is 5.08. The normalized spacial score (nSPS) is 38.2. The van der Waals surface area contributed by atoms with E-state index in [1.807, 2.05) is 0 Å². The van der Waals surface area contributed by atoms with Crippen molar-refractivity contribution in [2.45, 2.75) is 19.3 Å². The third-order valence-electron chi connectivity index (χ3n) is 2.37. The van der Waals surface area contributed by atoms with Gasteiger partial charge in [-0.3, -0.25) is 0 Å². The van der Waals surface area contributed by atoms with Crippen LogP contribution in [-0.2, 0) is 0 Å². The second-order valence-corrected chi connectivity index (χ2v) is 2.88. The Balaban J connectivity index is 2.04. The van der Waals surface area contributed by atoms with Gasteiger partial charge >= 0.3 is 0 Å². The average Bonchev–Trinajstić information content (AvgIpc) is 2.15. The van der Waals surface area contributed by atoms with Crippen molar-refractivity contribution in [3.63, 3.8) is 0 Å². The Hall–Kier alpha value is -0.0400. The molecule has 1 aliphatic heterocycles. The van der Waals surface area contributed by atoms with Crippen LogP contribution in [0, 0.1) is 11.8 Å². The molecule has 1 aliphatic carbocycles. The fourth-order valence-corrected chi connectivity index (χ4v) is 1.87. The summed E-state index contributed by atoms with van der Waals surface area (Å²) in [5.74, 6) is 2.78. The molecule has 0 bridgehead atoms. The van der Waals surface area contributed by atoms with E-state index in [1.165, 1.54) is 32.4 Å². The maximum absolute atomic E-state index is 3.39. The van der Waals surface area contributed by atoms with Crippen LogP contribution >= 0.6 is 0 Å². The Morgan fingerprint density at radius 3 is 3.38 bits per heavy atom. The topological polar surface area (TPSA) is 12.0 Å². The van der Waals surface area contributed by atoms with Crippen molar-refractivity contribution in [2.75, 3.05) is 13.1 Å². The van der Waals surface area contributed by atoms with Crippen LogP contribution in [0.15, 0.2) is 0 Å². The zero-order valence-corrected chi connectivity index (χ0v) is 5.11. The lowest BCUT2D eigenvalue weighted by molar-refractivity contribution is 0.627. The minimum Gasteiger partial charge on any atom is -0.316 e. The van der Waals surface area contributed by atoms with E-state index in [4.69, 9.17) is 0 Å². The summed E-state index contributed by atoms with van der Waals surface area (Å²) >= 11 is 0. The molecule has 0 aromatic heterocycles. The molecule has 2 fully saturated rings. The van der Waals surface area contributed by atoms with Crippen LogP contribution in [0.4, 0.5) is 0 Å². The molecule has 0 amide bonds. The molecule has 1 saturated carbocycles. The van der Waals surface area contributed by atoms with E-state index in [1.54, 1.807) is 5.92 Å². The summed E-state index contributed by atoms with van der Waals surface area (Å²) in [6.07, 6.45) is 4.34. The molecule has 1 saturated heterocycles. The number of fused-ring (bicyclic) bond motifs is 1. The van der Waals surface area contributed by atoms with E-state index >= 15 is 0 Å². The van der Waals surface area contributed by atoms with Gasteiger partial charge in [0.2, 0.25) is 0 Å². The Labute approximate surface area is 50.5 Å². The summed E-state index contributed by atoms with van der Waals surface area (Å²) in [7, 11) is 0. The third-order valence-corrected chi connectivity index (χ3v) is 2.37. The summed E-state index contributed by atoms with van der Waals surface area (Å²) in [5.41, 5.74) is 0. The maximum Gasteiger partial charge on any atom is 0.00170 e. The van der Waals surface area contributed by atoms with E-state index < -0.39 is 0 Å². The van der Waals surface area contributed by atoms with Crippen molar-refractivity contribution < 1.29 is 0 Å². The van der Waals surface area contributed by atoms with Gasteiger partial charge in [0.15, 0.2) is 0 Å². The number of rotatable bonds is 0. The average molecular weight is 110 g/mol. The third kappa shape index (κ3) is 0.576. The van der Waals surface area contributed by atoms with Gasteiger partial charge in [0.1, 0.15) is 0 Å². The van der Waals surface area contributed by atoms with E-state index in [0.29, 0.717) is 0 Å². The van der Waals surface area contributed by atoms with Gasteiger partial charge in [-0.15, -0.1) is 0 Å². The van der Waals surface area contributed by atoms with Crippen molar-refractivity contribution in [1.29, 1.82) is 0 Å². The van der Waals surface area contributed by atoms with Crippen LogP contribution in [0.1, 0.15) is 19.3 Å². The molecule has 1 atom stereocenters. The van der Waals surface area contributed by atoms with Gasteiger partial charge in [-0.05, 0) is 31.2 Å². The van der Waals surface area contributed by atoms with Gasteiger partial charge in [-0.1, -0.05) is 6.42 Å². The summed E-state index contributed by atoms with van der Waals surface area (Å²) in [6, 6.07) is 0. The molecule has 0 aromatic carbocycles. The molecule has 45 valence electrons. The van der Waals surface area contributed by atoms with Crippen molar-refractivity contribution in [1.82, 2.24) is 5.32 Å². The highest BCUT2D eigenvalue weighted by Gasteiger charge is 2.31. The number of hydrogen-bond acceptors (Lipinski definition) is 1. The van der Waals surface area contributed by atoms with Gasteiger partial charge in [0.05, 0.1) is 0 Å². The van der Waals surface area contributed by atoms with Crippen molar-refractivity contribution in [3.8, 4) is 0 Å². The Morgan fingerprint density at radius 1 is 1.50 bits per heavy atom. The fourth-order valence-electron chi connectivity index (χ4n) is 1.87. The van der Waals surface area contributed by atoms with Crippen LogP contribution in [0.5, 0.6) is 0 Å². The van der Waals surface area contributed by atoms with Gasteiger partial charge in [0.25, 0.3) is 0 Å². The van der Waals surface area contributed by atoms with Gasteiger partial charge in [-0.25, -0.2) is 0 Å². The Bertz CT molecular complexity index is 70.4. The van der Waals surface area contributed by atoms with E-state index in [-0.39, 0.29) is 0 Å². The van der Waals surface area contributed by atoms with E-state index in [0.717, 1.165) is 5.92 Å². The maximum atomic E-state index is 3.39. The van der Waals surface area contributed by atoms with Gasteiger partial charge in [-0.2, -0.15) is 0 Å². The molecule has 2 rings (SSSR count). The Kier molecular flexibility index (Phi) is 1.04. The molecule has 2 aliphatic rings. The monoisotopic (exact) mass is 110 g/mol. The molecular formula is C7H12N. The van der Waals surface area contributed by atoms with E-state index in [2.05, 4.69) is 5.32 Å². The quantitative estimate of drug-likeness (QED) is 0.490. The molecule has 1 heterocycles. The lowest BCUT2D eigenvalue weighted by Gasteiger charge is -2.02. The first-order valence-electron chi connectivity index (χ1n) is 3.52. The van der Waals surface area contributed by atoms with Gasteiger partial charge in [0, 0.05) is 6.54 Å². The first-order chi connectivity index (χ1) is 3.97. The van der Waals surface area contributed by atoms with Crippen LogP contribution in [0.3, 0.4) is 0 Å². The SMILES string of the molecule is C1C[C]2CNCC2C1. The summed E-state index contributed by atoms with van der Waals surface area (Å²) in [5, 5.41) is 3.39. The molecule has 0 spiro atoms. The second-order valence-electron chi connectivity index (χ2n) is 2.88. The fraction of sp³-hybridized carbons (Fsp3) is 0.857. The molecule has 1 heteroatoms. The zero-order valence-electron chi connectivity index (χ0n) is 5.11. The molecule has 1 N–H and O–H groups in total. The lowest BCUT2D eigenvalue weighted by atomic mass is 10.0. The van der Waals surface area contributed by atoms with Crippen LogP contribution in [0.25, 0.3) is 0 Å². The van der Waals surface area contributed by atoms with Crippen LogP contribution in [0.2, 0.25) is 0 Å². The molecule has 8 heavy (non-hydrogen) atoms. The van der Waals surface area contributed by atoms with Crippen molar-refractivity contribution in [3.05, 3.63) is 5.92 Å². The molecular weight excluding hydrogens is 98.1 g/mol. The largest absolute Gasteiger partial charge is 0.316 e. The predicted octanol–water partition coefficient (Wildman–Crippen LogP) is 0.964. The van der Waals surface area contributed by atoms with Gasteiger partial charge < -0.3 is 5.32 Å². The summed E-state index contributed by atoms with van der Waals surface area (Å²) in [6.45, 7) is 2.50. The lowest BCUT2D eigenvalue weighted by Crippen LogP contribution is -2.08. The first-order valence-corrected chi connectivity index (χ1v) is 3.52. The van der Waals surface area contributed by atoms with E-state index in [9.17, 15) is 0 Å². The Morgan fingerprint density at radius 2 is 2.50 bits per heavy atom. The first kappa shape index (κ1) is 4.80. The molecule has 1 unspecified atom stereocenters. The number of hydrogen-bond donors (Lipinski definition) is 1. The standard InChI is InChI=1S/C7H12N/c1-2-6-4-8-5-7(6)3-1/h6,8H,1-5H2. The second kappa shape index (κ2) is 1.73. The van der Waals surface area contributed by atoms with Crippen molar-refractivity contribution >= 4 is 0 Å². The zero-order chi connectivity index (χ0) is 5.40.